The number of aromatic nitrogens is 1. The number of hydrogen-bond donors (Lipinski definition) is 1. The van der Waals surface area contributed by atoms with Gasteiger partial charge in [-0.2, -0.15) is 5.26 Å². The third-order valence-electron chi connectivity index (χ3n) is 2.57. The lowest BCUT2D eigenvalue weighted by Crippen LogP contribution is -2.02. The molecule has 0 atom stereocenters. The molecule has 20 heavy (non-hydrogen) atoms. The molecule has 5 nitrogen and oxygen atoms in total. The Morgan fingerprint density at radius 1 is 1.40 bits per heavy atom. The molecule has 1 aromatic carbocycles. The van der Waals surface area contributed by atoms with E-state index in [9.17, 15) is 9.18 Å². The molecule has 100 valence electrons. The van der Waals surface area contributed by atoms with E-state index < -0.39 is 11.8 Å². The molecule has 0 fully saturated rings. The minimum atomic E-state index is -1.08. The minimum Gasteiger partial charge on any atom is -0.478 e. The highest BCUT2D eigenvalue weighted by Gasteiger charge is 2.10. The number of carboxylic acid groups (broad SMARTS) is 1. The van der Waals surface area contributed by atoms with Crippen molar-refractivity contribution in [3.63, 3.8) is 0 Å². The molecule has 0 saturated carbocycles. The minimum absolute atomic E-state index is 0.0726. The number of nitriles is 1. The Hall–Kier alpha value is -2.94. The Balaban J connectivity index is 2.27. The second kappa shape index (κ2) is 5.36. The Morgan fingerprint density at radius 2 is 2.15 bits per heavy atom. The number of halogens is 1. The Bertz CT molecular complexity index is 723. The number of aryl methyl sites for hydroxylation is 1. The van der Waals surface area contributed by atoms with E-state index in [0.29, 0.717) is 5.69 Å². The average molecular weight is 272 g/mol. The number of aromatic carboxylic acids is 1. The zero-order chi connectivity index (χ0) is 14.7. The van der Waals surface area contributed by atoms with Gasteiger partial charge in [-0.05, 0) is 25.1 Å². The van der Waals surface area contributed by atoms with E-state index in [-0.39, 0.29) is 22.8 Å². The Labute approximate surface area is 113 Å². The molecule has 0 aliphatic rings. The molecule has 0 spiro atoms. The third kappa shape index (κ3) is 2.72. The van der Waals surface area contributed by atoms with Gasteiger partial charge >= 0.3 is 5.97 Å². The highest BCUT2D eigenvalue weighted by molar-refractivity contribution is 5.88. The second-order valence-corrected chi connectivity index (χ2v) is 3.94. The van der Waals surface area contributed by atoms with Crippen LogP contribution in [0.4, 0.5) is 4.39 Å². The molecule has 1 aromatic heterocycles. The maximum atomic E-state index is 13.4. The number of ether oxygens (including phenoxy) is 1. The first-order valence-corrected chi connectivity index (χ1v) is 5.59. The van der Waals surface area contributed by atoms with Crippen molar-refractivity contribution >= 4 is 5.97 Å². The number of hydrogen-bond acceptors (Lipinski definition) is 4. The fourth-order valence-corrected chi connectivity index (χ4v) is 1.59. The normalized spacial score (nSPS) is 9.85. The second-order valence-electron chi connectivity index (χ2n) is 3.94. The van der Waals surface area contributed by atoms with E-state index in [1.807, 2.05) is 0 Å². The summed E-state index contributed by atoms with van der Waals surface area (Å²) in [5, 5.41) is 17.5. The maximum Gasteiger partial charge on any atom is 0.337 e. The van der Waals surface area contributed by atoms with Gasteiger partial charge in [0, 0.05) is 12.1 Å². The van der Waals surface area contributed by atoms with Crippen LogP contribution in [0.3, 0.4) is 0 Å². The fraction of sp³-hybridized carbons (Fsp3) is 0.0714. The topological polar surface area (TPSA) is 83.2 Å². The van der Waals surface area contributed by atoms with Crippen molar-refractivity contribution in [3.05, 3.63) is 53.0 Å². The van der Waals surface area contributed by atoms with Crippen molar-refractivity contribution in [2.24, 2.45) is 0 Å². The maximum absolute atomic E-state index is 13.4. The van der Waals surface area contributed by atoms with Gasteiger partial charge in [0.25, 0.3) is 0 Å². The van der Waals surface area contributed by atoms with Crippen molar-refractivity contribution in [2.45, 2.75) is 6.92 Å². The van der Waals surface area contributed by atoms with Gasteiger partial charge in [0.1, 0.15) is 17.6 Å². The first-order valence-electron chi connectivity index (χ1n) is 5.59. The van der Waals surface area contributed by atoms with Crippen LogP contribution in [-0.4, -0.2) is 16.1 Å². The summed E-state index contributed by atoms with van der Waals surface area (Å²) in [5.41, 5.74) is 0.287. The Morgan fingerprint density at radius 3 is 2.70 bits per heavy atom. The van der Waals surface area contributed by atoms with E-state index in [1.54, 1.807) is 6.07 Å². The predicted molar refractivity (Wildman–Crippen MR) is 67.1 cm³/mol. The quantitative estimate of drug-likeness (QED) is 0.928. The van der Waals surface area contributed by atoms with Crippen LogP contribution in [0.1, 0.15) is 21.6 Å². The lowest BCUT2D eigenvalue weighted by molar-refractivity contribution is 0.0695. The van der Waals surface area contributed by atoms with Crippen LogP contribution in [0.2, 0.25) is 0 Å². The molecule has 0 aliphatic carbocycles. The number of rotatable bonds is 3. The molecule has 0 bridgehead atoms. The molecule has 2 aromatic rings. The number of nitrogens with zero attached hydrogens (tertiary/aromatic N) is 2. The van der Waals surface area contributed by atoms with Gasteiger partial charge in [-0.1, -0.05) is 0 Å². The summed E-state index contributed by atoms with van der Waals surface area (Å²) in [5.74, 6) is -1.44. The number of carbonyl (C=O) groups is 1. The summed E-state index contributed by atoms with van der Waals surface area (Å²) < 4.78 is 18.7. The van der Waals surface area contributed by atoms with Gasteiger partial charge in [0.2, 0.25) is 5.88 Å². The smallest absolute Gasteiger partial charge is 0.337 e. The standard InChI is InChI=1S/C14H9FN2O3/c1-8-11(14(18)19)4-5-13(17-8)20-10-3-2-9(7-16)12(15)6-10/h2-6H,1H3,(H,18,19). The number of benzene rings is 1. The van der Waals surface area contributed by atoms with Crippen LogP contribution >= 0.6 is 0 Å². The average Bonchev–Trinajstić information content (AvgIpc) is 2.38. The molecule has 2 rings (SSSR count). The van der Waals surface area contributed by atoms with E-state index in [4.69, 9.17) is 15.1 Å². The summed E-state index contributed by atoms with van der Waals surface area (Å²) in [6.45, 7) is 1.54. The van der Waals surface area contributed by atoms with Crippen LogP contribution in [-0.2, 0) is 0 Å². The summed E-state index contributed by atoms with van der Waals surface area (Å²) >= 11 is 0. The molecule has 0 unspecified atom stereocenters. The van der Waals surface area contributed by atoms with E-state index >= 15 is 0 Å². The number of pyridine rings is 1. The van der Waals surface area contributed by atoms with Crippen molar-refractivity contribution in [3.8, 4) is 17.7 Å². The highest BCUT2D eigenvalue weighted by Crippen LogP contribution is 2.23. The predicted octanol–water partition coefficient (Wildman–Crippen LogP) is 2.89. The molecule has 0 saturated heterocycles. The summed E-state index contributed by atoms with van der Waals surface area (Å²) in [6, 6.07) is 8.25. The zero-order valence-corrected chi connectivity index (χ0v) is 10.4. The van der Waals surface area contributed by atoms with Gasteiger partial charge in [0.05, 0.1) is 16.8 Å². The molecule has 0 amide bonds. The fourth-order valence-electron chi connectivity index (χ4n) is 1.59. The van der Waals surface area contributed by atoms with Gasteiger partial charge in [0.15, 0.2) is 0 Å². The van der Waals surface area contributed by atoms with E-state index in [1.165, 1.54) is 31.2 Å². The Kier molecular flexibility index (Phi) is 3.62. The lowest BCUT2D eigenvalue weighted by Gasteiger charge is -2.07. The zero-order valence-electron chi connectivity index (χ0n) is 10.4. The summed E-state index contributed by atoms with van der Waals surface area (Å²) in [6.07, 6.45) is 0. The third-order valence-corrected chi connectivity index (χ3v) is 2.57. The molecule has 0 radical (unpaired) electrons. The van der Waals surface area contributed by atoms with E-state index in [0.717, 1.165) is 6.07 Å². The number of carboxylic acids is 1. The van der Waals surface area contributed by atoms with Crippen molar-refractivity contribution < 1.29 is 19.0 Å². The summed E-state index contributed by atoms with van der Waals surface area (Å²) in [7, 11) is 0. The van der Waals surface area contributed by atoms with Gasteiger partial charge in [-0.3, -0.25) is 0 Å². The van der Waals surface area contributed by atoms with Crippen molar-refractivity contribution in [2.75, 3.05) is 0 Å². The molecule has 1 heterocycles. The molecular weight excluding hydrogens is 263 g/mol. The molecular formula is C14H9FN2O3. The van der Waals surface area contributed by atoms with Gasteiger partial charge in [-0.25, -0.2) is 14.2 Å². The van der Waals surface area contributed by atoms with Crippen molar-refractivity contribution in [1.82, 2.24) is 4.98 Å². The van der Waals surface area contributed by atoms with Crippen LogP contribution in [0, 0.1) is 24.1 Å². The largest absolute Gasteiger partial charge is 0.478 e. The first-order chi connectivity index (χ1) is 9.51. The SMILES string of the molecule is Cc1nc(Oc2ccc(C#N)c(F)c2)ccc1C(=O)O. The van der Waals surface area contributed by atoms with Gasteiger partial charge < -0.3 is 9.84 Å². The highest BCUT2D eigenvalue weighted by atomic mass is 19.1. The van der Waals surface area contributed by atoms with Crippen LogP contribution in [0.5, 0.6) is 11.6 Å². The monoisotopic (exact) mass is 272 g/mol. The van der Waals surface area contributed by atoms with Crippen molar-refractivity contribution in [1.29, 1.82) is 5.26 Å². The van der Waals surface area contributed by atoms with E-state index in [2.05, 4.69) is 4.98 Å². The van der Waals surface area contributed by atoms with Crippen LogP contribution < -0.4 is 4.74 Å². The van der Waals surface area contributed by atoms with Gasteiger partial charge in [-0.15, -0.1) is 0 Å². The summed E-state index contributed by atoms with van der Waals surface area (Å²) in [4.78, 5) is 14.8. The van der Waals surface area contributed by atoms with Crippen LogP contribution in [0.15, 0.2) is 30.3 Å². The molecule has 6 heteroatoms. The lowest BCUT2D eigenvalue weighted by atomic mass is 10.2. The van der Waals surface area contributed by atoms with Crippen LogP contribution in [0.25, 0.3) is 0 Å². The molecule has 1 N–H and O–H groups in total. The first kappa shape index (κ1) is 13.5. The molecule has 0 aliphatic heterocycles.